The van der Waals surface area contributed by atoms with Gasteiger partial charge in [-0.25, -0.2) is 4.98 Å². The predicted octanol–water partition coefficient (Wildman–Crippen LogP) is 2.65. The van der Waals surface area contributed by atoms with Crippen LogP contribution in [0.5, 0.6) is 5.75 Å². The minimum Gasteiger partial charge on any atom is -0.497 e. The number of benzene rings is 1. The number of thiazole rings is 1. The highest BCUT2D eigenvalue weighted by molar-refractivity contribution is 7.14. The van der Waals surface area contributed by atoms with Gasteiger partial charge in [0.25, 0.3) is 5.91 Å². The highest BCUT2D eigenvalue weighted by Crippen LogP contribution is 2.30. The number of hydrogen-bond acceptors (Lipinski definition) is 7. The Morgan fingerprint density at radius 3 is 2.66 bits per heavy atom. The molecule has 0 bridgehead atoms. The highest BCUT2D eigenvalue weighted by atomic mass is 32.1. The summed E-state index contributed by atoms with van der Waals surface area (Å²) in [6, 6.07) is 7.69. The van der Waals surface area contributed by atoms with Crippen LogP contribution in [0.4, 0.5) is 10.8 Å². The second-order valence-corrected chi connectivity index (χ2v) is 7.57. The van der Waals surface area contributed by atoms with Gasteiger partial charge in [-0.2, -0.15) is 0 Å². The largest absolute Gasteiger partial charge is 0.497 e. The maximum absolute atomic E-state index is 12.9. The van der Waals surface area contributed by atoms with Crippen molar-refractivity contribution in [3.63, 3.8) is 0 Å². The number of anilines is 2. The van der Waals surface area contributed by atoms with E-state index in [4.69, 9.17) is 9.47 Å². The number of rotatable bonds is 11. The fourth-order valence-corrected chi connectivity index (χ4v) is 3.52. The van der Waals surface area contributed by atoms with Crippen molar-refractivity contribution >= 4 is 34.0 Å². The summed E-state index contributed by atoms with van der Waals surface area (Å²) < 4.78 is 10.1. The molecule has 0 unspecified atom stereocenters. The van der Waals surface area contributed by atoms with Gasteiger partial charge in [-0.3, -0.25) is 9.59 Å². The molecule has 1 saturated carbocycles. The van der Waals surface area contributed by atoms with Crippen LogP contribution >= 0.6 is 11.3 Å². The van der Waals surface area contributed by atoms with E-state index in [2.05, 4.69) is 15.6 Å². The Kier molecular flexibility index (Phi) is 7.42. The van der Waals surface area contributed by atoms with Gasteiger partial charge in [0, 0.05) is 43.7 Å². The first-order chi connectivity index (χ1) is 14.1. The molecule has 9 heteroatoms. The van der Waals surface area contributed by atoms with E-state index in [1.807, 2.05) is 24.3 Å². The molecule has 0 saturated heterocycles. The number of nitrogens with zero attached hydrogens (tertiary/aromatic N) is 2. The lowest BCUT2D eigenvalue weighted by Crippen LogP contribution is -2.37. The molecule has 1 aromatic carbocycles. The molecule has 1 heterocycles. The van der Waals surface area contributed by atoms with Crippen molar-refractivity contribution < 1.29 is 19.1 Å². The molecule has 0 aliphatic heterocycles. The summed E-state index contributed by atoms with van der Waals surface area (Å²) in [5.74, 6) is 0.564. The Bertz CT molecular complexity index is 820. The molecular weight excluding hydrogens is 392 g/mol. The maximum Gasteiger partial charge on any atom is 0.273 e. The van der Waals surface area contributed by atoms with E-state index in [9.17, 15) is 9.59 Å². The van der Waals surface area contributed by atoms with Crippen molar-refractivity contribution in [1.82, 2.24) is 15.2 Å². The lowest BCUT2D eigenvalue weighted by molar-refractivity contribution is -0.121. The number of ether oxygens (including phenoxy) is 2. The fourth-order valence-electron chi connectivity index (χ4n) is 2.81. The van der Waals surface area contributed by atoms with E-state index in [0.717, 1.165) is 24.3 Å². The summed E-state index contributed by atoms with van der Waals surface area (Å²) in [5.41, 5.74) is 1.27. The monoisotopic (exact) mass is 418 g/mol. The molecule has 1 aliphatic carbocycles. The van der Waals surface area contributed by atoms with Gasteiger partial charge in [-0.1, -0.05) is 0 Å². The van der Waals surface area contributed by atoms with E-state index in [1.54, 1.807) is 24.5 Å². The van der Waals surface area contributed by atoms with Crippen molar-refractivity contribution in [3.8, 4) is 5.75 Å². The quantitative estimate of drug-likeness (QED) is 0.545. The van der Waals surface area contributed by atoms with E-state index in [1.165, 1.54) is 11.3 Å². The van der Waals surface area contributed by atoms with Crippen LogP contribution in [-0.2, 0) is 9.53 Å². The van der Waals surface area contributed by atoms with Gasteiger partial charge in [0.2, 0.25) is 5.91 Å². The van der Waals surface area contributed by atoms with Crippen LogP contribution in [0.2, 0.25) is 0 Å². The number of amides is 2. The molecule has 2 aromatic rings. The van der Waals surface area contributed by atoms with E-state index >= 15 is 0 Å². The van der Waals surface area contributed by atoms with Crippen LogP contribution in [-0.4, -0.2) is 61.7 Å². The van der Waals surface area contributed by atoms with Gasteiger partial charge in [0.05, 0.1) is 13.7 Å². The molecule has 1 aromatic heterocycles. The van der Waals surface area contributed by atoms with Gasteiger partial charge in [-0.15, -0.1) is 11.3 Å². The minimum atomic E-state index is -0.128. The number of methoxy groups -OCH3 is 2. The van der Waals surface area contributed by atoms with Gasteiger partial charge in [-0.05, 0) is 37.1 Å². The van der Waals surface area contributed by atoms with E-state index in [-0.39, 0.29) is 24.3 Å². The maximum atomic E-state index is 12.9. The molecule has 29 heavy (non-hydrogen) atoms. The molecule has 0 spiro atoms. The molecule has 156 valence electrons. The molecule has 1 fully saturated rings. The first-order valence-corrected chi connectivity index (χ1v) is 10.4. The average Bonchev–Trinajstić information content (AvgIpc) is 3.46. The Morgan fingerprint density at radius 1 is 1.24 bits per heavy atom. The Hall–Kier alpha value is -2.65. The van der Waals surface area contributed by atoms with Gasteiger partial charge in [0.1, 0.15) is 11.4 Å². The molecule has 1 aliphatic rings. The molecule has 0 radical (unpaired) electrons. The third kappa shape index (κ3) is 6.16. The van der Waals surface area contributed by atoms with Crippen molar-refractivity contribution in [2.45, 2.75) is 25.3 Å². The Morgan fingerprint density at radius 2 is 2.00 bits per heavy atom. The lowest BCUT2D eigenvalue weighted by Gasteiger charge is -2.21. The number of carbonyl (C=O) groups excluding carboxylic acids is 2. The summed E-state index contributed by atoms with van der Waals surface area (Å²) in [5, 5.41) is 8.38. The highest BCUT2D eigenvalue weighted by Gasteiger charge is 2.34. The number of nitrogens with one attached hydrogen (secondary N) is 2. The van der Waals surface area contributed by atoms with Crippen molar-refractivity contribution in [2.24, 2.45) is 0 Å². The molecule has 2 N–H and O–H groups in total. The summed E-state index contributed by atoms with van der Waals surface area (Å²) in [7, 11) is 3.21. The smallest absolute Gasteiger partial charge is 0.273 e. The van der Waals surface area contributed by atoms with Gasteiger partial charge >= 0.3 is 0 Å². The van der Waals surface area contributed by atoms with E-state index < -0.39 is 0 Å². The van der Waals surface area contributed by atoms with Gasteiger partial charge < -0.3 is 25.0 Å². The standard InChI is InChI=1S/C20H26N4O4S/c1-27-12-10-21-18(25)9-11-24(15-5-6-15)19(26)17-13-29-20(23-17)22-14-3-7-16(28-2)8-4-14/h3-4,7-8,13,15H,5-6,9-12H2,1-2H3,(H,21,25)(H,22,23). The summed E-state index contributed by atoms with van der Waals surface area (Å²) >= 11 is 1.38. The van der Waals surface area contributed by atoms with Crippen LogP contribution < -0.4 is 15.4 Å². The second-order valence-electron chi connectivity index (χ2n) is 6.71. The summed E-state index contributed by atoms with van der Waals surface area (Å²) in [6.45, 7) is 1.33. The first-order valence-electron chi connectivity index (χ1n) is 9.54. The number of carbonyl (C=O) groups is 2. The second kappa shape index (κ2) is 10.2. The number of hydrogen-bond donors (Lipinski definition) is 2. The minimum absolute atomic E-state index is 0.0827. The van der Waals surface area contributed by atoms with Crippen LogP contribution in [0.15, 0.2) is 29.6 Å². The normalized spacial score (nSPS) is 13.0. The third-order valence-corrected chi connectivity index (χ3v) is 5.28. The van der Waals surface area contributed by atoms with Crippen molar-refractivity contribution in [3.05, 3.63) is 35.3 Å². The topological polar surface area (TPSA) is 92.8 Å². The van der Waals surface area contributed by atoms with Crippen molar-refractivity contribution in [1.29, 1.82) is 0 Å². The zero-order valence-corrected chi connectivity index (χ0v) is 17.5. The van der Waals surface area contributed by atoms with E-state index in [0.29, 0.717) is 30.5 Å². The Labute approximate surface area is 174 Å². The molecule has 2 amide bonds. The average molecular weight is 419 g/mol. The number of aromatic nitrogens is 1. The molecular formula is C20H26N4O4S. The van der Waals surface area contributed by atoms with Crippen LogP contribution in [0.25, 0.3) is 0 Å². The molecule has 8 nitrogen and oxygen atoms in total. The zero-order chi connectivity index (χ0) is 20.6. The lowest BCUT2D eigenvalue weighted by atomic mass is 10.3. The zero-order valence-electron chi connectivity index (χ0n) is 16.6. The van der Waals surface area contributed by atoms with Gasteiger partial charge in [0.15, 0.2) is 5.13 Å². The van der Waals surface area contributed by atoms with Crippen LogP contribution in [0.3, 0.4) is 0 Å². The summed E-state index contributed by atoms with van der Waals surface area (Å²) in [6.07, 6.45) is 2.21. The van der Waals surface area contributed by atoms with Crippen LogP contribution in [0, 0.1) is 0 Å². The molecule has 3 rings (SSSR count). The first kappa shape index (κ1) is 21.1. The SMILES string of the molecule is COCCNC(=O)CCN(C(=O)c1csc(Nc2ccc(OC)cc2)n1)C1CC1. The van der Waals surface area contributed by atoms with Crippen molar-refractivity contribution in [2.75, 3.05) is 39.2 Å². The fraction of sp³-hybridized carbons (Fsp3) is 0.450. The Balaban J connectivity index is 1.56. The third-order valence-electron chi connectivity index (χ3n) is 4.52. The molecule has 0 atom stereocenters. The predicted molar refractivity (Wildman–Crippen MR) is 112 cm³/mol. The van der Waals surface area contributed by atoms with Crippen LogP contribution in [0.1, 0.15) is 29.8 Å². The summed E-state index contributed by atoms with van der Waals surface area (Å²) in [4.78, 5) is 31.1.